The summed E-state index contributed by atoms with van der Waals surface area (Å²) >= 11 is 0. The molecule has 0 saturated carbocycles. The number of aromatic amines is 1. The number of hydrogen-bond donors (Lipinski definition) is 1. The van der Waals surface area contributed by atoms with E-state index in [2.05, 4.69) is 9.97 Å². The number of piperidine rings is 1. The second-order valence-corrected chi connectivity index (χ2v) is 6.59. The lowest BCUT2D eigenvalue weighted by molar-refractivity contribution is -0.134. The quantitative estimate of drug-likeness (QED) is 0.841. The van der Waals surface area contributed by atoms with Crippen molar-refractivity contribution >= 4 is 5.91 Å². The molecule has 1 aromatic carbocycles. The topological polar surface area (TPSA) is 84.5 Å². The van der Waals surface area contributed by atoms with Gasteiger partial charge in [0, 0.05) is 30.8 Å². The van der Waals surface area contributed by atoms with Crippen molar-refractivity contribution in [3.05, 3.63) is 52.2 Å². The minimum atomic E-state index is -0.139. The van der Waals surface area contributed by atoms with Crippen LogP contribution in [0.5, 0.6) is 11.5 Å². The maximum atomic E-state index is 12.6. The molecular weight excluding hydrogens is 346 g/mol. The first kappa shape index (κ1) is 18.9. The van der Waals surface area contributed by atoms with Gasteiger partial charge in [-0.1, -0.05) is 19.1 Å². The summed E-state index contributed by atoms with van der Waals surface area (Å²) in [5.41, 5.74) is 0.636. The molecule has 0 spiro atoms. The van der Waals surface area contributed by atoms with E-state index in [1.165, 1.54) is 6.07 Å². The van der Waals surface area contributed by atoms with E-state index in [0.29, 0.717) is 36.8 Å². The van der Waals surface area contributed by atoms with Crippen LogP contribution in [0.3, 0.4) is 0 Å². The molecule has 7 nitrogen and oxygen atoms in total. The van der Waals surface area contributed by atoms with Gasteiger partial charge in [-0.05, 0) is 31.4 Å². The zero-order valence-corrected chi connectivity index (χ0v) is 15.7. The molecule has 2 aromatic rings. The van der Waals surface area contributed by atoms with E-state index in [1.54, 1.807) is 24.1 Å². The van der Waals surface area contributed by atoms with Crippen LogP contribution < -0.4 is 15.0 Å². The van der Waals surface area contributed by atoms with Gasteiger partial charge < -0.3 is 19.4 Å². The highest BCUT2D eigenvalue weighted by Crippen LogP contribution is 2.27. The monoisotopic (exact) mass is 371 g/mol. The predicted molar refractivity (Wildman–Crippen MR) is 101 cm³/mol. The fraction of sp³-hybridized carbons (Fsp3) is 0.450. The number of H-pyrrole nitrogens is 1. The van der Waals surface area contributed by atoms with E-state index in [1.807, 2.05) is 19.1 Å². The molecule has 3 rings (SSSR count). The Labute approximate surface area is 158 Å². The number of para-hydroxylation sites is 2. The Morgan fingerprint density at radius 3 is 2.85 bits per heavy atom. The third-order valence-electron chi connectivity index (χ3n) is 4.76. The summed E-state index contributed by atoms with van der Waals surface area (Å²) in [5.74, 6) is 1.76. The second kappa shape index (κ2) is 8.70. The molecule has 1 saturated heterocycles. The van der Waals surface area contributed by atoms with Crippen LogP contribution in [0.4, 0.5) is 0 Å². The number of likely N-dealkylation sites (tertiary alicyclic amines) is 1. The summed E-state index contributed by atoms with van der Waals surface area (Å²) in [6.07, 6.45) is 2.47. The summed E-state index contributed by atoms with van der Waals surface area (Å²) < 4.78 is 10.9. The number of amides is 1. The summed E-state index contributed by atoms with van der Waals surface area (Å²) in [7, 11) is 1.57. The molecule has 27 heavy (non-hydrogen) atoms. The van der Waals surface area contributed by atoms with E-state index in [-0.39, 0.29) is 24.0 Å². The molecule has 1 amide bonds. The van der Waals surface area contributed by atoms with E-state index in [0.717, 1.165) is 18.5 Å². The fourth-order valence-corrected chi connectivity index (χ4v) is 3.30. The average molecular weight is 371 g/mol. The first-order valence-electron chi connectivity index (χ1n) is 9.24. The van der Waals surface area contributed by atoms with Crippen LogP contribution in [-0.2, 0) is 11.2 Å². The van der Waals surface area contributed by atoms with Gasteiger partial charge in [0.25, 0.3) is 11.5 Å². The van der Waals surface area contributed by atoms with Crippen molar-refractivity contribution in [2.45, 2.75) is 32.1 Å². The summed E-state index contributed by atoms with van der Waals surface area (Å²) in [4.78, 5) is 33.6. The molecule has 1 aromatic heterocycles. The van der Waals surface area contributed by atoms with Gasteiger partial charge in [0.15, 0.2) is 18.1 Å². The van der Waals surface area contributed by atoms with Gasteiger partial charge in [-0.15, -0.1) is 0 Å². The number of benzene rings is 1. The van der Waals surface area contributed by atoms with Crippen molar-refractivity contribution in [1.29, 1.82) is 0 Å². The molecule has 0 aliphatic carbocycles. The molecular formula is C20H25N3O4. The van der Waals surface area contributed by atoms with Crippen LogP contribution in [-0.4, -0.2) is 47.6 Å². The zero-order valence-electron chi connectivity index (χ0n) is 15.7. The Bertz CT molecular complexity index is 849. The molecule has 0 bridgehead atoms. The first-order chi connectivity index (χ1) is 13.1. The van der Waals surface area contributed by atoms with E-state index < -0.39 is 0 Å². The van der Waals surface area contributed by atoms with Crippen molar-refractivity contribution in [2.75, 3.05) is 26.8 Å². The second-order valence-electron chi connectivity index (χ2n) is 6.59. The molecule has 2 heterocycles. The maximum absolute atomic E-state index is 12.6. The van der Waals surface area contributed by atoms with Crippen molar-refractivity contribution in [3.63, 3.8) is 0 Å². The van der Waals surface area contributed by atoms with Gasteiger partial charge in [0.05, 0.1) is 7.11 Å². The smallest absolute Gasteiger partial charge is 0.260 e. The van der Waals surface area contributed by atoms with Gasteiger partial charge in [-0.2, -0.15) is 0 Å². The third kappa shape index (κ3) is 4.67. The highest BCUT2D eigenvalue weighted by Gasteiger charge is 2.26. The number of carbonyl (C=O) groups is 1. The van der Waals surface area contributed by atoms with Crippen LogP contribution in [0.25, 0.3) is 0 Å². The van der Waals surface area contributed by atoms with Crippen LogP contribution in [0.1, 0.15) is 37.2 Å². The number of aryl methyl sites for hydroxylation is 1. The predicted octanol–water partition coefficient (Wildman–Crippen LogP) is 2.13. The van der Waals surface area contributed by atoms with Crippen molar-refractivity contribution in [1.82, 2.24) is 14.9 Å². The van der Waals surface area contributed by atoms with Crippen LogP contribution in [0.15, 0.2) is 35.1 Å². The number of ether oxygens (including phenoxy) is 2. The minimum Gasteiger partial charge on any atom is -0.493 e. The Kier molecular flexibility index (Phi) is 6.11. The van der Waals surface area contributed by atoms with Crippen molar-refractivity contribution in [2.24, 2.45) is 0 Å². The minimum absolute atomic E-state index is 0.0353. The van der Waals surface area contributed by atoms with Crippen LogP contribution in [0, 0.1) is 0 Å². The summed E-state index contributed by atoms with van der Waals surface area (Å²) in [6.45, 7) is 3.13. The number of carbonyl (C=O) groups excluding carboxylic acids is 1. The van der Waals surface area contributed by atoms with E-state index in [4.69, 9.17) is 9.47 Å². The Balaban J connectivity index is 1.64. The normalized spacial score (nSPS) is 16.8. The summed E-state index contributed by atoms with van der Waals surface area (Å²) in [5, 5.41) is 0. The molecule has 1 fully saturated rings. The Hall–Kier alpha value is -2.83. The van der Waals surface area contributed by atoms with Gasteiger partial charge in [-0.25, -0.2) is 4.98 Å². The molecule has 0 unspecified atom stereocenters. The average Bonchev–Trinajstić information content (AvgIpc) is 2.71. The van der Waals surface area contributed by atoms with Crippen molar-refractivity contribution < 1.29 is 14.3 Å². The number of nitrogens with zero attached hydrogens (tertiary/aromatic N) is 2. The van der Waals surface area contributed by atoms with E-state index >= 15 is 0 Å². The van der Waals surface area contributed by atoms with Crippen molar-refractivity contribution in [3.8, 4) is 11.5 Å². The van der Waals surface area contributed by atoms with Gasteiger partial charge in [0.1, 0.15) is 5.82 Å². The highest BCUT2D eigenvalue weighted by atomic mass is 16.5. The summed E-state index contributed by atoms with van der Waals surface area (Å²) in [6, 6.07) is 8.77. The maximum Gasteiger partial charge on any atom is 0.260 e. The molecule has 1 atom stereocenters. The SMILES string of the molecule is CCc1cc(=O)[nH]c([C@H]2CCCN(C(=O)COc3ccccc3OC)C2)n1. The van der Waals surface area contributed by atoms with Crippen LogP contribution in [0.2, 0.25) is 0 Å². The number of aromatic nitrogens is 2. The molecule has 7 heteroatoms. The number of nitrogens with one attached hydrogen (secondary N) is 1. The van der Waals surface area contributed by atoms with Gasteiger partial charge in [-0.3, -0.25) is 9.59 Å². The lowest BCUT2D eigenvalue weighted by Gasteiger charge is -2.32. The fourth-order valence-electron chi connectivity index (χ4n) is 3.30. The standard InChI is InChI=1S/C20H25N3O4/c1-3-15-11-18(24)22-20(21-15)14-7-6-10-23(12-14)19(25)13-27-17-9-5-4-8-16(17)26-2/h4-5,8-9,11,14H,3,6-7,10,12-13H2,1-2H3,(H,21,22,24)/t14-/m0/s1. The lowest BCUT2D eigenvalue weighted by atomic mass is 9.97. The first-order valence-corrected chi connectivity index (χ1v) is 9.24. The number of rotatable bonds is 6. The van der Waals surface area contributed by atoms with Crippen LogP contribution >= 0.6 is 0 Å². The highest BCUT2D eigenvalue weighted by molar-refractivity contribution is 5.78. The molecule has 1 aliphatic heterocycles. The van der Waals surface area contributed by atoms with E-state index in [9.17, 15) is 9.59 Å². The molecule has 144 valence electrons. The zero-order chi connectivity index (χ0) is 19.2. The lowest BCUT2D eigenvalue weighted by Crippen LogP contribution is -2.42. The Morgan fingerprint density at radius 2 is 2.11 bits per heavy atom. The molecule has 1 N–H and O–H groups in total. The number of hydrogen-bond acceptors (Lipinski definition) is 5. The third-order valence-corrected chi connectivity index (χ3v) is 4.76. The van der Waals surface area contributed by atoms with Gasteiger partial charge >= 0.3 is 0 Å². The van der Waals surface area contributed by atoms with Gasteiger partial charge in [0.2, 0.25) is 0 Å². The Morgan fingerprint density at radius 1 is 1.33 bits per heavy atom. The largest absolute Gasteiger partial charge is 0.493 e. The number of methoxy groups -OCH3 is 1. The molecule has 1 aliphatic rings. The molecule has 0 radical (unpaired) electrons.